The van der Waals surface area contributed by atoms with E-state index in [9.17, 15) is 9.18 Å². The van der Waals surface area contributed by atoms with Crippen LogP contribution >= 0.6 is 11.6 Å². The Balaban J connectivity index is 2.27. The summed E-state index contributed by atoms with van der Waals surface area (Å²) in [6, 6.07) is 2.58. The Labute approximate surface area is 129 Å². The number of nitrogens with two attached hydrogens (primary N) is 1. The third-order valence-electron chi connectivity index (χ3n) is 3.30. The molecule has 0 saturated heterocycles. The lowest BCUT2D eigenvalue weighted by molar-refractivity contribution is 0.0235. The molecular formula is C15H20ClFN2O2. The molecule has 4 nitrogen and oxygen atoms in total. The lowest BCUT2D eigenvalue weighted by Crippen LogP contribution is -2.36. The van der Waals surface area contributed by atoms with Gasteiger partial charge in [0.15, 0.2) is 0 Å². The van der Waals surface area contributed by atoms with Gasteiger partial charge in [0, 0.05) is 19.1 Å². The Morgan fingerprint density at radius 1 is 1.48 bits per heavy atom. The lowest BCUT2D eigenvalue weighted by atomic mass is 10.00. The summed E-state index contributed by atoms with van der Waals surface area (Å²) in [5.74, 6) is -0.489. The molecule has 1 aromatic carbocycles. The summed E-state index contributed by atoms with van der Waals surface area (Å²) in [6.07, 6.45) is 0.149. The fourth-order valence-corrected chi connectivity index (χ4v) is 2.49. The minimum absolute atomic E-state index is 0.0342. The van der Waals surface area contributed by atoms with E-state index in [1.165, 1.54) is 12.1 Å². The van der Waals surface area contributed by atoms with Crippen LogP contribution in [-0.4, -0.2) is 23.1 Å². The first-order valence-corrected chi connectivity index (χ1v) is 7.26. The number of halogens is 2. The maximum Gasteiger partial charge on any atom is 0.410 e. The summed E-state index contributed by atoms with van der Waals surface area (Å²) in [5, 5.41) is 0.0342. The Kier molecular flexibility index (Phi) is 4.44. The summed E-state index contributed by atoms with van der Waals surface area (Å²) < 4.78 is 19.0. The molecule has 0 fully saturated rings. The van der Waals surface area contributed by atoms with Gasteiger partial charge in [0.25, 0.3) is 0 Å². The van der Waals surface area contributed by atoms with Crippen molar-refractivity contribution in [1.29, 1.82) is 0 Å². The highest BCUT2D eigenvalue weighted by molar-refractivity contribution is 6.30. The molecule has 0 radical (unpaired) electrons. The van der Waals surface area contributed by atoms with Crippen LogP contribution < -0.4 is 5.73 Å². The third-order valence-corrected chi connectivity index (χ3v) is 3.59. The van der Waals surface area contributed by atoms with Gasteiger partial charge in [0.1, 0.15) is 11.4 Å². The van der Waals surface area contributed by atoms with Gasteiger partial charge in [-0.25, -0.2) is 9.18 Å². The Morgan fingerprint density at radius 3 is 2.76 bits per heavy atom. The maximum atomic E-state index is 13.6. The molecule has 2 N–H and O–H groups in total. The van der Waals surface area contributed by atoms with Crippen molar-refractivity contribution in [1.82, 2.24) is 4.90 Å². The van der Waals surface area contributed by atoms with E-state index in [0.717, 1.165) is 5.56 Å². The number of hydrogen-bond donors (Lipinski definition) is 1. The molecule has 6 heteroatoms. The van der Waals surface area contributed by atoms with Gasteiger partial charge in [-0.3, -0.25) is 0 Å². The highest BCUT2D eigenvalue weighted by Gasteiger charge is 2.27. The smallest absolute Gasteiger partial charge is 0.410 e. The van der Waals surface area contributed by atoms with Crippen LogP contribution in [0, 0.1) is 5.82 Å². The third kappa shape index (κ3) is 3.86. The zero-order valence-corrected chi connectivity index (χ0v) is 13.2. The molecule has 1 amide bonds. The van der Waals surface area contributed by atoms with Crippen LogP contribution in [0.1, 0.15) is 44.4 Å². The minimum atomic E-state index is -0.561. The number of benzene rings is 1. The summed E-state index contributed by atoms with van der Waals surface area (Å²) >= 11 is 5.83. The molecule has 21 heavy (non-hydrogen) atoms. The van der Waals surface area contributed by atoms with E-state index in [2.05, 4.69) is 0 Å². The molecule has 1 aliphatic heterocycles. The van der Waals surface area contributed by atoms with Crippen LogP contribution in [0.15, 0.2) is 12.1 Å². The van der Waals surface area contributed by atoms with E-state index in [0.29, 0.717) is 25.1 Å². The number of amides is 1. The summed E-state index contributed by atoms with van der Waals surface area (Å²) in [5.41, 5.74) is 6.96. The zero-order valence-electron chi connectivity index (χ0n) is 12.5. The van der Waals surface area contributed by atoms with Gasteiger partial charge >= 0.3 is 6.09 Å². The van der Waals surface area contributed by atoms with Crippen molar-refractivity contribution in [2.24, 2.45) is 5.73 Å². The summed E-state index contributed by atoms with van der Waals surface area (Å²) in [4.78, 5) is 13.8. The summed E-state index contributed by atoms with van der Waals surface area (Å²) in [6.45, 7) is 6.22. The molecule has 2 rings (SSSR count). The molecule has 1 atom stereocenters. The van der Waals surface area contributed by atoms with Gasteiger partial charge in [0.2, 0.25) is 0 Å². The predicted molar refractivity (Wildman–Crippen MR) is 79.6 cm³/mol. The maximum absolute atomic E-state index is 13.6. The van der Waals surface area contributed by atoms with E-state index < -0.39 is 17.5 Å². The Morgan fingerprint density at radius 2 is 2.14 bits per heavy atom. The molecule has 0 aromatic heterocycles. The minimum Gasteiger partial charge on any atom is -0.444 e. The van der Waals surface area contributed by atoms with Gasteiger partial charge < -0.3 is 15.4 Å². The second-order valence-corrected chi connectivity index (χ2v) is 6.67. The first-order valence-electron chi connectivity index (χ1n) is 6.88. The fraction of sp³-hybridized carbons (Fsp3) is 0.533. The van der Waals surface area contributed by atoms with Gasteiger partial charge in [0.05, 0.1) is 5.02 Å². The van der Waals surface area contributed by atoms with E-state index in [1.807, 2.05) is 20.8 Å². The van der Waals surface area contributed by atoms with Crippen molar-refractivity contribution < 1.29 is 13.9 Å². The molecule has 0 aliphatic carbocycles. The predicted octanol–water partition coefficient (Wildman–Crippen LogP) is 3.62. The SMILES string of the molecule is CC(C)(C)OC(=O)N1CC[C@@H](N)c2cc(F)c(Cl)cc2C1. The van der Waals surface area contributed by atoms with E-state index in [4.69, 9.17) is 22.1 Å². The van der Waals surface area contributed by atoms with Crippen molar-refractivity contribution in [3.63, 3.8) is 0 Å². The number of carbonyl (C=O) groups is 1. The number of hydrogen-bond acceptors (Lipinski definition) is 3. The van der Waals surface area contributed by atoms with E-state index in [1.54, 1.807) is 4.90 Å². The van der Waals surface area contributed by atoms with Crippen LogP contribution in [0.5, 0.6) is 0 Å². The second kappa shape index (κ2) is 5.81. The molecule has 0 unspecified atom stereocenters. The summed E-state index contributed by atoms with van der Waals surface area (Å²) in [7, 11) is 0. The average Bonchev–Trinajstić information content (AvgIpc) is 2.49. The van der Waals surface area contributed by atoms with Crippen LogP contribution in [0.4, 0.5) is 9.18 Å². The van der Waals surface area contributed by atoms with Crippen molar-refractivity contribution >= 4 is 17.7 Å². The number of ether oxygens (including phenoxy) is 1. The van der Waals surface area contributed by atoms with Crippen LogP contribution in [0.2, 0.25) is 5.02 Å². The first kappa shape index (κ1) is 16.0. The second-order valence-electron chi connectivity index (χ2n) is 6.26. The lowest BCUT2D eigenvalue weighted by Gasteiger charge is -2.26. The normalized spacial score (nSPS) is 19.0. The van der Waals surface area contributed by atoms with E-state index >= 15 is 0 Å². The molecule has 0 saturated carbocycles. The van der Waals surface area contributed by atoms with Crippen LogP contribution in [0.25, 0.3) is 0 Å². The molecule has 1 aliphatic rings. The highest BCUT2D eigenvalue weighted by Crippen LogP contribution is 2.30. The Hall–Kier alpha value is -1.33. The van der Waals surface area contributed by atoms with Gasteiger partial charge in [-0.05, 0) is 50.5 Å². The van der Waals surface area contributed by atoms with Gasteiger partial charge in [-0.1, -0.05) is 11.6 Å². The number of fused-ring (bicyclic) bond motifs is 1. The van der Waals surface area contributed by atoms with Crippen molar-refractivity contribution in [2.75, 3.05) is 6.54 Å². The number of nitrogens with zero attached hydrogens (tertiary/aromatic N) is 1. The van der Waals surface area contributed by atoms with Crippen molar-refractivity contribution in [3.8, 4) is 0 Å². The molecule has 0 spiro atoms. The molecule has 0 bridgehead atoms. The monoisotopic (exact) mass is 314 g/mol. The van der Waals surface area contributed by atoms with Crippen LogP contribution in [-0.2, 0) is 11.3 Å². The zero-order chi connectivity index (χ0) is 15.8. The standard InChI is InChI=1S/C15H20ClFN2O2/c1-15(2,3)21-14(20)19-5-4-13(18)10-7-12(17)11(16)6-9(10)8-19/h6-7,13H,4-5,8,18H2,1-3H3/t13-/m1/s1. The van der Waals surface area contributed by atoms with E-state index in [-0.39, 0.29) is 11.1 Å². The number of carbonyl (C=O) groups excluding carboxylic acids is 1. The van der Waals surface area contributed by atoms with Gasteiger partial charge in [-0.15, -0.1) is 0 Å². The number of rotatable bonds is 0. The fourth-order valence-electron chi connectivity index (χ4n) is 2.30. The largest absolute Gasteiger partial charge is 0.444 e. The molecule has 116 valence electrons. The first-order chi connectivity index (χ1) is 9.67. The average molecular weight is 315 g/mol. The molecular weight excluding hydrogens is 295 g/mol. The molecule has 1 heterocycles. The highest BCUT2D eigenvalue weighted by atomic mass is 35.5. The van der Waals surface area contributed by atoms with Crippen molar-refractivity contribution in [3.05, 3.63) is 34.1 Å². The molecule has 1 aromatic rings. The topological polar surface area (TPSA) is 55.6 Å². The van der Waals surface area contributed by atoms with Crippen molar-refractivity contribution in [2.45, 2.75) is 45.4 Å². The van der Waals surface area contributed by atoms with Crippen LogP contribution in [0.3, 0.4) is 0 Å². The van der Waals surface area contributed by atoms with Gasteiger partial charge in [-0.2, -0.15) is 0 Å². The Bertz CT molecular complexity index is 557. The quantitative estimate of drug-likeness (QED) is 0.795.